The number of ether oxygens (including phenoxy) is 1. The average Bonchev–Trinajstić information content (AvgIpc) is 3.21. The van der Waals surface area contributed by atoms with E-state index in [4.69, 9.17) is 4.74 Å². The van der Waals surface area contributed by atoms with Crippen LogP contribution in [0.15, 0.2) is 65.6 Å². The molecule has 2 aromatic carbocycles. The first-order chi connectivity index (χ1) is 13.8. The summed E-state index contributed by atoms with van der Waals surface area (Å²) in [5, 5.41) is 4.22. The molecule has 0 unspecified atom stereocenters. The molecule has 0 saturated carbocycles. The zero-order chi connectivity index (χ0) is 19.3. The molecule has 2 heterocycles. The highest BCUT2D eigenvalue weighted by atomic mass is 32.2. The third-order valence-corrected chi connectivity index (χ3v) is 6.66. The Morgan fingerprint density at radius 1 is 1.07 bits per heavy atom. The molecule has 1 aliphatic rings. The van der Waals surface area contributed by atoms with Gasteiger partial charge in [-0.25, -0.2) is 0 Å². The van der Waals surface area contributed by atoms with Crippen LogP contribution in [0.1, 0.15) is 9.67 Å². The van der Waals surface area contributed by atoms with E-state index in [1.54, 1.807) is 23.1 Å². The molecule has 6 heteroatoms. The van der Waals surface area contributed by atoms with Gasteiger partial charge in [0.15, 0.2) is 0 Å². The van der Waals surface area contributed by atoms with Crippen molar-refractivity contribution in [2.75, 3.05) is 42.8 Å². The predicted molar refractivity (Wildman–Crippen MR) is 119 cm³/mol. The molecule has 0 radical (unpaired) electrons. The highest BCUT2D eigenvalue weighted by Crippen LogP contribution is 2.40. The van der Waals surface area contributed by atoms with Crippen LogP contribution < -0.4 is 10.2 Å². The number of amides is 1. The van der Waals surface area contributed by atoms with E-state index < -0.39 is 0 Å². The number of benzene rings is 2. The van der Waals surface area contributed by atoms with Crippen molar-refractivity contribution in [1.29, 1.82) is 0 Å². The summed E-state index contributed by atoms with van der Waals surface area (Å²) in [6.07, 6.45) is 2.01. The Morgan fingerprint density at radius 3 is 2.54 bits per heavy atom. The molecule has 1 fully saturated rings. The highest BCUT2D eigenvalue weighted by molar-refractivity contribution is 7.98. The first-order valence-corrected chi connectivity index (χ1v) is 11.3. The summed E-state index contributed by atoms with van der Waals surface area (Å²) >= 11 is 3.18. The second-order valence-corrected chi connectivity index (χ2v) is 8.33. The quantitative estimate of drug-likeness (QED) is 0.585. The smallest absolute Gasteiger partial charge is 0.265 e. The summed E-state index contributed by atoms with van der Waals surface area (Å²) in [4.78, 5) is 17.1. The summed E-state index contributed by atoms with van der Waals surface area (Å²) in [6, 6.07) is 20.2. The Balaban J connectivity index is 1.67. The van der Waals surface area contributed by atoms with Crippen molar-refractivity contribution in [3.63, 3.8) is 0 Å². The van der Waals surface area contributed by atoms with E-state index in [1.807, 2.05) is 54.8 Å². The van der Waals surface area contributed by atoms with E-state index >= 15 is 0 Å². The molecule has 0 spiro atoms. The van der Waals surface area contributed by atoms with Crippen molar-refractivity contribution < 1.29 is 9.53 Å². The van der Waals surface area contributed by atoms with Gasteiger partial charge in [-0.2, -0.15) is 0 Å². The summed E-state index contributed by atoms with van der Waals surface area (Å²) in [7, 11) is 0. The van der Waals surface area contributed by atoms with E-state index in [0.29, 0.717) is 0 Å². The van der Waals surface area contributed by atoms with Crippen molar-refractivity contribution in [2.45, 2.75) is 4.90 Å². The van der Waals surface area contributed by atoms with Gasteiger partial charge >= 0.3 is 0 Å². The Hall–Kier alpha value is -2.28. The normalized spacial score (nSPS) is 14.1. The van der Waals surface area contributed by atoms with Crippen LogP contribution in [-0.4, -0.2) is 38.5 Å². The molecule has 28 heavy (non-hydrogen) atoms. The number of thioether (sulfide) groups is 1. The van der Waals surface area contributed by atoms with Gasteiger partial charge in [0.2, 0.25) is 0 Å². The number of carbonyl (C=O) groups excluding carboxylic acids is 1. The molecule has 4 nitrogen and oxygen atoms in total. The van der Waals surface area contributed by atoms with Gasteiger partial charge in [-0.15, -0.1) is 23.1 Å². The molecule has 1 N–H and O–H groups in total. The van der Waals surface area contributed by atoms with Crippen molar-refractivity contribution in [3.05, 3.63) is 65.5 Å². The third-order valence-electron chi connectivity index (χ3n) is 4.67. The van der Waals surface area contributed by atoms with Crippen LogP contribution >= 0.6 is 23.1 Å². The highest BCUT2D eigenvalue weighted by Gasteiger charge is 2.22. The van der Waals surface area contributed by atoms with Gasteiger partial charge < -0.3 is 15.0 Å². The molecule has 3 aromatic rings. The molecule has 4 rings (SSSR count). The van der Waals surface area contributed by atoms with Gasteiger partial charge in [-0.05, 0) is 30.0 Å². The summed E-state index contributed by atoms with van der Waals surface area (Å²) in [5.41, 5.74) is 3.09. The van der Waals surface area contributed by atoms with E-state index in [9.17, 15) is 4.79 Å². The van der Waals surface area contributed by atoms with Crippen LogP contribution in [0.5, 0.6) is 0 Å². The minimum atomic E-state index is -0.0665. The number of nitrogens with zero attached hydrogens (tertiary/aromatic N) is 1. The van der Waals surface area contributed by atoms with Gasteiger partial charge in [-0.3, -0.25) is 4.79 Å². The minimum absolute atomic E-state index is 0.0665. The molecule has 144 valence electrons. The lowest BCUT2D eigenvalue weighted by molar-refractivity contribution is 0.103. The molecule has 1 aromatic heterocycles. The number of morpholine rings is 1. The average molecular weight is 411 g/mol. The van der Waals surface area contributed by atoms with Gasteiger partial charge in [0.05, 0.1) is 28.8 Å². The van der Waals surface area contributed by atoms with E-state index in [0.717, 1.165) is 57.9 Å². The number of para-hydroxylation sites is 1. The fourth-order valence-corrected chi connectivity index (χ4v) is 4.93. The lowest BCUT2D eigenvalue weighted by atomic mass is 10.1. The summed E-state index contributed by atoms with van der Waals surface area (Å²) in [6.45, 7) is 3.12. The Kier molecular flexibility index (Phi) is 6.00. The van der Waals surface area contributed by atoms with Crippen LogP contribution in [0.25, 0.3) is 11.1 Å². The van der Waals surface area contributed by atoms with Gasteiger partial charge in [0.25, 0.3) is 5.91 Å². The zero-order valence-electron chi connectivity index (χ0n) is 15.7. The lowest BCUT2D eigenvalue weighted by Gasteiger charge is -2.28. The second kappa shape index (κ2) is 8.82. The second-order valence-electron chi connectivity index (χ2n) is 6.45. The number of rotatable bonds is 5. The number of hydrogen-bond acceptors (Lipinski definition) is 5. The van der Waals surface area contributed by atoms with Crippen LogP contribution in [0, 0.1) is 0 Å². The maximum atomic E-state index is 13.0. The first-order valence-electron chi connectivity index (χ1n) is 9.22. The SMILES string of the molecule is CSc1ccccc1NC(=O)c1cc(-c2ccccc2)c(N2CCOCC2)s1. The number of hydrogen-bond donors (Lipinski definition) is 1. The number of carbonyl (C=O) groups is 1. The van der Waals surface area contributed by atoms with Crippen LogP contribution in [0.2, 0.25) is 0 Å². The topological polar surface area (TPSA) is 41.6 Å². The van der Waals surface area contributed by atoms with E-state index in [1.165, 1.54) is 0 Å². The van der Waals surface area contributed by atoms with Crippen molar-refractivity contribution in [3.8, 4) is 11.1 Å². The standard InChI is InChI=1S/C22H22N2O2S2/c1-27-19-10-6-5-9-18(19)23-21(25)20-15-17(16-7-3-2-4-8-16)22(28-20)24-11-13-26-14-12-24/h2-10,15H,11-14H2,1H3,(H,23,25). The fourth-order valence-electron chi connectivity index (χ4n) is 3.25. The maximum absolute atomic E-state index is 13.0. The van der Waals surface area contributed by atoms with Crippen molar-refractivity contribution in [2.24, 2.45) is 0 Å². The maximum Gasteiger partial charge on any atom is 0.265 e. The number of anilines is 2. The van der Waals surface area contributed by atoms with E-state index in [2.05, 4.69) is 22.3 Å². The lowest BCUT2D eigenvalue weighted by Crippen LogP contribution is -2.35. The molecule has 0 aliphatic carbocycles. The van der Waals surface area contributed by atoms with Gasteiger partial charge in [0.1, 0.15) is 0 Å². The largest absolute Gasteiger partial charge is 0.378 e. The van der Waals surface area contributed by atoms with E-state index in [-0.39, 0.29) is 5.91 Å². The zero-order valence-corrected chi connectivity index (χ0v) is 17.3. The summed E-state index contributed by atoms with van der Waals surface area (Å²) < 4.78 is 5.51. The van der Waals surface area contributed by atoms with Crippen LogP contribution in [-0.2, 0) is 4.74 Å². The summed E-state index contributed by atoms with van der Waals surface area (Å²) in [5.74, 6) is -0.0665. The van der Waals surface area contributed by atoms with Gasteiger partial charge in [-0.1, -0.05) is 42.5 Å². The Bertz CT molecular complexity index is 950. The number of thiophene rings is 1. The molecule has 0 atom stereocenters. The molecule has 1 aliphatic heterocycles. The first kappa shape index (κ1) is 19.1. The third kappa shape index (κ3) is 4.09. The minimum Gasteiger partial charge on any atom is -0.378 e. The van der Waals surface area contributed by atoms with Crippen molar-refractivity contribution >= 4 is 39.7 Å². The van der Waals surface area contributed by atoms with Crippen LogP contribution in [0.4, 0.5) is 10.7 Å². The van der Waals surface area contributed by atoms with Crippen LogP contribution in [0.3, 0.4) is 0 Å². The molecule has 0 bridgehead atoms. The molecule has 1 amide bonds. The monoisotopic (exact) mass is 410 g/mol. The Labute approximate surface area is 173 Å². The molecular formula is C22H22N2O2S2. The molecular weight excluding hydrogens is 388 g/mol. The fraction of sp³-hybridized carbons (Fsp3) is 0.227. The molecule has 1 saturated heterocycles. The number of nitrogens with one attached hydrogen (secondary N) is 1. The van der Waals surface area contributed by atoms with Crippen molar-refractivity contribution in [1.82, 2.24) is 0 Å². The predicted octanol–water partition coefficient (Wildman–Crippen LogP) is 5.23. The Morgan fingerprint density at radius 2 is 1.79 bits per heavy atom. The van der Waals surface area contributed by atoms with Gasteiger partial charge in [0, 0.05) is 23.5 Å².